The molecule has 0 radical (unpaired) electrons. The minimum absolute atomic E-state index is 0.222. The van der Waals surface area contributed by atoms with Gasteiger partial charge >= 0.3 is 0 Å². The number of aliphatic hydroxyl groups is 2. The number of nitrogens with one attached hydrogen (secondary N) is 1. The molecule has 1 heterocycles. The summed E-state index contributed by atoms with van der Waals surface area (Å²) >= 11 is 7.30. The van der Waals surface area contributed by atoms with E-state index in [-0.39, 0.29) is 24.1 Å². The zero-order valence-electron chi connectivity index (χ0n) is 17.0. The Kier molecular flexibility index (Phi) is 8.81. The van der Waals surface area contributed by atoms with Gasteiger partial charge in [-0.25, -0.2) is 4.39 Å². The van der Waals surface area contributed by atoms with E-state index >= 15 is 0 Å². The van der Waals surface area contributed by atoms with Gasteiger partial charge < -0.3 is 15.5 Å². The van der Waals surface area contributed by atoms with Crippen LogP contribution < -0.4 is 5.32 Å². The van der Waals surface area contributed by atoms with Crippen LogP contribution >= 0.6 is 23.4 Å². The van der Waals surface area contributed by atoms with E-state index in [2.05, 4.69) is 15.5 Å². The van der Waals surface area contributed by atoms with Crippen LogP contribution in [0.1, 0.15) is 11.4 Å². The summed E-state index contributed by atoms with van der Waals surface area (Å²) in [6, 6.07) is 13.1. The lowest BCUT2D eigenvalue weighted by molar-refractivity contribution is -0.116. The van der Waals surface area contributed by atoms with Crippen molar-refractivity contribution in [1.82, 2.24) is 20.1 Å². The van der Waals surface area contributed by atoms with Gasteiger partial charge in [-0.1, -0.05) is 41.6 Å². The summed E-state index contributed by atoms with van der Waals surface area (Å²) in [6.07, 6.45) is 2.52. The number of halogens is 2. The Labute approximate surface area is 193 Å². The van der Waals surface area contributed by atoms with Gasteiger partial charge in [-0.05, 0) is 42.0 Å². The van der Waals surface area contributed by atoms with Gasteiger partial charge in [0.2, 0.25) is 5.91 Å². The molecule has 0 fully saturated rings. The molecule has 0 aliphatic carbocycles. The van der Waals surface area contributed by atoms with Crippen LogP contribution in [-0.2, 0) is 11.2 Å². The number of rotatable bonds is 10. The topological polar surface area (TPSA) is 100 Å². The second-order valence-electron chi connectivity index (χ2n) is 6.75. The van der Waals surface area contributed by atoms with Gasteiger partial charge in [0.25, 0.3) is 0 Å². The Hall–Kier alpha value is -2.72. The lowest BCUT2D eigenvalue weighted by atomic mass is 10.2. The quantitative estimate of drug-likeness (QED) is 0.307. The van der Waals surface area contributed by atoms with Gasteiger partial charge in [-0.15, -0.1) is 10.2 Å². The Balaban J connectivity index is 1.67. The van der Waals surface area contributed by atoms with Crippen LogP contribution in [-0.4, -0.2) is 55.9 Å². The molecule has 3 N–H and O–H groups in total. The van der Waals surface area contributed by atoms with Crippen LogP contribution in [0.25, 0.3) is 11.8 Å². The first-order valence-electron chi connectivity index (χ1n) is 9.80. The average molecular weight is 477 g/mol. The summed E-state index contributed by atoms with van der Waals surface area (Å²) in [5, 5.41) is 30.8. The van der Waals surface area contributed by atoms with Crippen LogP contribution in [0, 0.1) is 5.82 Å². The summed E-state index contributed by atoms with van der Waals surface area (Å²) < 4.78 is 15.1. The first-order chi connectivity index (χ1) is 15.5. The van der Waals surface area contributed by atoms with Gasteiger partial charge in [0.1, 0.15) is 11.6 Å². The van der Waals surface area contributed by atoms with Crippen LogP contribution in [0.3, 0.4) is 0 Å². The zero-order valence-corrected chi connectivity index (χ0v) is 18.6. The number of aromatic nitrogens is 3. The highest BCUT2D eigenvalue weighted by molar-refractivity contribution is 7.99. The number of carbonyl (C=O) groups excluding carboxylic acids is 1. The Morgan fingerprint density at radius 2 is 1.97 bits per heavy atom. The minimum atomic E-state index is -0.897. The van der Waals surface area contributed by atoms with Crippen molar-refractivity contribution < 1.29 is 19.4 Å². The molecule has 0 spiro atoms. The van der Waals surface area contributed by atoms with Crippen LogP contribution in [0.2, 0.25) is 5.02 Å². The summed E-state index contributed by atoms with van der Waals surface area (Å²) in [6.45, 7) is -0.0623. The van der Waals surface area contributed by atoms with Gasteiger partial charge in [0, 0.05) is 35.5 Å². The van der Waals surface area contributed by atoms with Crippen LogP contribution in [0.5, 0.6) is 0 Å². The Bertz CT molecular complexity index is 1080. The Morgan fingerprint density at radius 3 is 2.69 bits per heavy atom. The molecule has 1 atom stereocenters. The van der Waals surface area contributed by atoms with Crippen molar-refractivity contribution in [2.75, 3.05) is 18.9 Å². The number of carbonyl (C=O) groups is 1. The third-order valence-electron chi connectivity index (χ3n) is 4.37. The van der Waals surface area contributed by atoms with E-state index in [0.29, 0.717) is 34.7 Å². The predicted octanol–water partition coefficient (Wildman–Crippen LogP) is 2.88. The molecule has 10 heteroatoms. The van der Waals surface area contributed by atoms with Gasteiger partial charge in [0.05, 0.1) is 12.7 Å². The fourth-order valence-electron chi connectivity index (χ4n) is 2.76. The number of aliphatic hydroxyl groups excluding tert-OH is 2. The maximum atomic E-state index is 13.4. The number of nitrogens with zero attached hydrogens (tertiary/aromatic N) is 3. The van der Waals surface area contributed by atoms with Crippen LogP contribution in [0.15, 0.2) is 59.8 Å². The molecule has 0 saturated heterocycles. The van der Waals surface area contributed by atoms with Crippen molar-refractivity contribution in [3.05, 3.63) is 76.8 Å². The highest BCUT2D eigenvalue weighted by Gasteiger charge is 2.16. The lowest BCUT2D eigenvalue weighted by Gasteiger charge is -2.11. The molecule has 1 amide bonds. The average Bonchev–Trinajstić information content (AvgIpc) is 3.20. The third kappa shape index (κ3) is 6.64. The van der Waals surface area contributed by atoms with E-state index in [4.69, 9.17) is 16.7 Å². The summed E-state index contributed by atoms with van der Waals surface area (Å²) in [5.41, 5.74) is 1.39. The summed E-state index contributed by atoms with van der Waals surface area (Å²) in [4.78, 5) is 12.1. The number of hydrogen-bond donors (Lipinski definition) is 3. The second-order valence-corrected chi connectivity index (χ2v) is 8.15. The summed E-state index contributed by atoms with van der Waals surface area (Å²) in [7, 11) is 0. The highest BCUT2D eigenvalue weighted by Crippen LogP contribution is 2.23. The van der Waals surface area contributed by atoms with Gasteiger partial charge in [-0.2, -0.15) is 0 Å². The molecule has 1 aromatic heterocycles. The molecule has 7 nitrogen and oxygen atoms in total. The lowest BCUT2D eigenvalue weighted by Crippen LogP contribution is -2.24. The van der Waals surface area contributed by atoms with E-state index < -0.39 is 6.10 Å². The molecule has 0 bridgehead atoms. The van der Waals surface area contributed by atoms with Crippen molar-refractivity contribution in [3.63, 3.8) is 0 Å². The number of hydrogen-bond acceptors (Lipinski definition) is 6. The number of amides is 1. The standard InChI is InChI=1S/C22H22ClFN4O3S/c23-19-4-2-1-3-15(19)5-10-21(31)25-12-11-20-26-27-22(32-14-18(30)13-29)28(20)17-8-6-16(24)7-9-17/h1-10,18,29-30H,11-14H2,(H,25,31). The SMILES string of the molecule is O=C(C=Cc1ccccc1Cl)NCCc1nnc(SCC(O)CO)n1-c1ccc(F)cc1. The monoisotopic (exact) mass is 476 g/mol. The largest absolute Gasteiger partial charge is 0.394 e. The molecule has 3 rings (SSSR count). The van der Waals surface area contributed by atoms with Crippen LogP contribution in [0.4, 0.5) is 4.39 Å². The van der Waals surface area contributed by atoms with Crippen molar-refractivity contribution in [2.45, 2.75) is 17.7 Å². The van der Waals surface area contributed by atoms with Crippen molar-refractivity contribution >= 4 is 35.3 Å². The molecule has 32 heavy (non-hydrogen) atoms. The van der Waals surface area contributed by atoms with E-state index in [1.54, 1.807) is 28.8 Å². The predicted molar refractivity (Wildman–Crippen MR) is 122 cm³/mol. The van der Waals surface area contributed by atoms with E-state index in [0.717, 1.165) is 5.56 Å². The number of benzene rings is 2. The van der Waals surface area contributed by atoms with E-state index in [9.17, 15) is 14.3 Å². The molecule has 0 aliphatic heterocycles. The summed E-state index contributed by atoms with van der Waals surface area (Å²) in [5.74, 6) is 0.136. The fraction of sp³-hybridized carbons (Fsp3) is 0.227. The van der Waals surface area contributed by atoms with Crippen molar-refractivity contribution in [1.29, 1.82) is 0 Å². The van der Waals surface area contributed by atoms with E-state index in [1.807, 2.05) is 18.2 Å². The Morgan fingerprint density at radius 1 is 1.22 bits per heavy atom. The van der Waals surface area contributed by atoms with Gasteiger partial charge in [0.15, 0.2) is 5.16 Å². The minimum Gasteiger partial charge on any atom is -0.394 e. The maximum Gasteiger partial charge on any atom is 0.244 e. The molecule has 3 aromatic rings. The molecular formula is C22H22ClFN4O3S. The van der Waals surface area contributed by atoms with Crippen molar-refractivity contribution in [3.8, 4) is 5.69 Å². The first kappa shape index (κ1) is 23.9. The maximum absolute atomic E-state index is 13.4. The van der Waals surface area contributed by atoms with E-state index in [1.165, 1.54) is 30.0 Å². The molecule has 0 aliphatic rings. The third-order valence-corrected chi connectivity index (χ3v) is 5.79. The zero-order chi connectivity index (χ0) is 22.9. The molecule has 2 aromatic carbocycles. The molecule has 1 unspecified atom stereocenters. The molecular weight excluding hydrogens is 455 g/mol. The fourth-order valence-corrected chi connectivity index (χ4v) is 3.84. The molecule has 168 valence electrons. The number of thioether (sulfide) groups is 1. The second kappa shape index (κ2) is 11.8. The van der Waals surface area contributed by atoms with Gasteiger partial charge in [-0.3, -0.25) is 9.36 Å². The first-order valence-corrected chi connectivity index (χ1v) is 11.2. The molecule has 0 saturated carbocycles. The normalized spacial score (nSPS) is 12.2. The highest BCUT2D eigenvalue weighted by atomic mass is 35.5. The van der Waals surface area contributed by atoms with Crippen molar-refractivity contribution in [2.24, 2.45) is 0 Å². The smallest absolute Gasteiger partial charge is 0.244 e.